The molecule has 0 saturated carbocycles. The minimum atomic E-state index is 0. The molecule has 2 aliphatic heterocycles. The predicted molar refractivity (Wildman–Crippen MR) is 96.1 cm³/mol. The van der Waals surface area contributed by atoms with Gasteiger partial charge in [-0.15, -0.1) is 24.8 Å². The van der Waals surface area contributed by atoms with Gasteiger partial charge in [0.2, 0.25) is 11.9 Å². The highest BCUT2D eigenvalue weighted by Gasteiger charge is 2.31. The van der Waals surface area contributed by atoms with Crippen LogP contribution >= 0.6 is 24.8 Å². The first-order chi connectivity index (χ1) is 10.1. The lowest BCUT2D eigenvalue weighted by molar-refractivity contribution is -0.134. The fourth-order valence-corrected chi connectivity index (χ4v) is 3.10. The zero-order valence-corrected chi connectivity index (χ0v) is 14.6. The number of nitrogens with zero attached hydrogens (tertiary/aromatic N) is 4. The molecule has 2 saturated heterocycles. The summed E-state index contributed by atoms with van der Waals surface area (Å²) in [7, 11) is 0. The molecule has 9 heteroatoms. The van der Waals surface area contributed by atoms with Crippen LogP contribution in [0.3, 0.4) is 0 Å². The molecular formula is C14H24Cl2N6O. The average molecular weight is 363 g/mol. The van der Waals surface area contributed by atoms with Crippen LogP contribution < -0.4 is 16.4 Å². The number of nitrogen functional groups attached to an aromatic ring is 2. The summed E-state index contributed by atoms with van der Waals surface area (Å²) in [5.41, 5.74) is 11.8. The van der Waals surface area contributed by atoms with Crippen molar-refractivity contribution in [1.29, 1.82) is 0 Å². The molecule has 0 bridgehead atoms. The molecule has 1 aromatic heterocycles. The number of likely N-dealkylation sites (tertiary alicyclic amines) is 1. The minimum Gasteiger partial charge on any atom is -0.394 e. The van der Waals surface area contributed by atoms with Gasteiger partial charge in [-0.25, -0.2) is 4.98 Å². The number of hydrogen-bond acceptors (Lipinski definition) is 6. The molecule has 3 rings (SSSR count). The standard InChI is InChI=1S/C14H22N6O.2ClH/c15-11-8-17-14(18-12(11)16)20-7-3-4-10(9-20)13(21)19-5-1-2-6-19;;/h8,10H,1-7,9,15H2,(H2,16,17,18);2*1H/t10-;;/m1../s1. The Labute approximate surface area is 148 Å². The van der Waals surface area contributed by atoms with Gasteiger partial charge in [0.25, 0.3) is 0 Å². The molecule has 7 nitrogen and oxygen atoms in total. The van der Waals surface area contributed by atoms with E-state index >= 15 is 0 Å². The van der Waals surface area contributed by atoms with Crippen LogP contribution in [-0.2, 0) is 4.79 Å². The molecule has 1 atom stereocenters. The van der Waals surface area contributed by atoms with Gasteiger partial charge >= 0.3 is 0 Å². The Balaban J connectivity index is 0.00000132. The first-order valence-electron chi connectivity index (χ1n) is 7.57. The summed E-state index contributed by atoms with van der Waals surface area (Å²) in [6.45, 7) is 3.33. The van der Waals surface area contributed by atoms with Crippen molar-refractivity contribution in [2.75, 3.05) is 42.5 Å². The third-order valence-corrected chi connectivity index (χ3v) is 4.31. The summed E-state index contributed by atoms with van der Waals surface area (Å²) in [5.74, 6) is 1.19. The predicted octanol–water partition coefficient (Wildman–Crippen LogP) is 1.32. The molecule has 130 valence electrons. The summed E-state index contributed by atoms with van der Waals surface area (Å²) >= 11 is 0. The molecule has 3 heterocycles. The summed E-state index contributed by atoms with van der Waals surface area (Å²) in [6.07, 6.45) is 5.69. The van der Waals surface area contributed by atoms with Crippen molar-refractivity contribution < 1.29 is 4.79 Å². The van der Waals surface area contributed by atoms with E-state index in [2.05, 4.69) is 9.97 Å². The van der Waals surface area contributed by atoms with Crippen molar-refractivity contribution >= 4 is 48.2 Å². The highest BCUT2D eigenvalue weighted by Crippen LogP contribution is 2.24. The van der Waals surface area contributed by atoms with E-state index in [0.29, 0.717) is 24.0 Å². The second kappa shape index (κ2) is 8.40. The van der Waals surface area contributed by atoms with Gasteiger partial charge in [0.05, 0.1) is 17.8 Å². The fraction of sp³-hybridized carbons (Fsp3) is 0.643. The Hall–Kier alpha value is -1.47. The van der Waals surface area contributed by atoms with E-state index in [4.69, 9.17) is 11.5 Å². The van der Waals surface area contributed by atoms with Gasteiger partial charge in [0, 0.05) is 26.2 Å². The number of amides is 1. The number of piperidine rings is 1. The average Bonchev–Trinajstić information content (AvgIpc) is 3.04. The van der Waals surface area contributed by atoms with Crippen molar-refractivity contribution in [3.63, 3.8) is 0 Å². The molecule has 0 aliphatic carbocycles. The lowest BCUT2D eigenvalue weighted by Gasteiger charge is -2.34. The number of carbonyl (C=O) groups excluding carboxylic acids is 1. The van der Waals surface area contributed by atoms with Gasteiger partial charge in [0.1, 0.15) is 0 Å². The Bertz CT molecular complexity index is 538. The summed E-state index contributed by atoms with van der Waals surface area (Å²) in [4.78, 5) is 25.0. The maximum absolute atomic E-state index is 12.5. The smallest absolute Gasteiger partial charge is 0.227 e. The van der Waals surface area contributed by atoms with E-state index < -0.39 is 0 Å². The summed E-state index contributed by atoms with van der Waals surface area (Å²) in [6, 6.07) is 0. The van der Waals surface area contributed by atoms with Gasteiger partial charge in [-0.05, 0) is 25.7 Å². The lowest BCUT2D eigenvalue weighted by atomic mass is 9.97. The molecular weight excluding hydrogens is 339 g/mol. The van der Waals surface area contributed by atoms with Gasteiger partial charge < -0.3 is 21.3 Å². The maximum Gasteiger partial charge on any atom is 0.227 e. The van der Waals surface area contributed by atoms with Gasteiger partial charge in [0.15, 0.2) is 5.82 Å². The van der Waals surface area contributed by atoms with E-state index in [1.54, 1.807) is 0 Å². The van der Waals surface area contributed by atoms with Crippen LogP contribution in [0.2, 0.25) is 0 Å². The van der Waals surface area contributed by atoms with E-state index in [1.165, 1.54) is 6.20 Å². The quantitative estimate of drug-likeness (QED) is 0.822. The van der Waals surface area contributed by atoms with Gasteiger partial charge in [-0.3, -0.25) is 4.79 Å². The number of nitrogens with two attached hydrogens (primary N) is 2. The molecule has 2 aliphatic rings. The Kier molecular flexibility index (Phi) is 7.15. The van der Waals surface area contributed by atoms with E-state index in [-0.39, 0.29) is 36.6 Å². The van der Waals surface area contributed by atoms with Crippen LogP contribution in [0.25, 0.3) is 0 Å². The topological polar surface area (TPSA) is 101 Å². The first-order valence-corrected chi connectivity index (χ1v) is 7.57. The maximum atomic E-state index is 12.5. The Morgan fingerprint density at radius 1 is 1.13 bits per heavy atom. The number of anilines is 3. The van der Waals surface area contributed by atoms with E-state index in [0.717, 1.165) is 45.3 Å². The second-order valence-electron chi connectivity index (χ2n) is 5.83. The van der Waals surface area contributed by atoms with Crippen LogP contribution in [-0.4, -0.2) is 47.0 Å². The van der Waals surface area contributed by atoms with Crippen molar-refractivity contribution in [1.82, 2.24) is 14.9 Å². The largest absolute Gasteiger partial charge is 0.394 e. The molecule has 1 aromatic rings. The zero-order valence-electron chi connectivity index (χ0n) is 13.0. The minimum absolute atomic E-state index is 0. The van der Waals surface area contributed by atoms with Crippen molar-refractivity contribution in [2.24, 2.45) is 5.92 Å². The molecule has 0 aromatic carbocycles. The fourth-order valence-electron chi connectivity index (χ4n) is 3.10. The lowest BCUT2D eigenvalue weighted by Crippen LogP contribution is -2.44. The first kappa shape index (κ1) is 19.6. The van der Waals surface area contributed by atoms with Crippen molar-refractivity contribution in [3.05, 3.63) is 6.20 Å². The van der Waals surface area contributed by atoms with Gasteiger partial charge in [-0.2, -0.15) is 4.98 Å². The number of hydrogen-bond donors (Lipinski definition) is 2. The Morgan fingerprint density at radius 3 is 2.48 bits per heavy atom. The molecule has 23 heavy (non-hydrogen) atoms. The molecule has 4 N–H and O–H groups in total. The SMILES string of the molecule is Cl.Cl.Nc1cnc(N2CCC[C@@H](C(=O)N3CCCC3)C2)nc1N. The van der Waals surface area contributed by atoms with Gasteiger partial charge in [-0.1, -0.05) is 0 Å². The molecule has 0 unspecified atom stereocenters. The van der Waals surface area contributed by atoms with Crippen molar-refractivity contribution in [2.45, 2.75) is 25.7 Å². The number of halogens is 2. The molecule has 0 spiro atoms. The zero-order chi connectivity index (χ0) is 14.8. The highest BCUT2D eigenvalue weighted by molar-refractivity contribution is 5.85. The van der Waals surface area contributed by atoms with Crippen molar-refractivity contribution in [3.8, 4) is 0 Å². The third kappa shape index (κ3) is 4.29. The Morgan fingerprint density at radius 2 is 1.83 bits per heavy atom. The molecule has 2 fully saturated rings. The van der Waals surface area contributed by atoms with E-state index in [1.807, 2.05) is 9.80 Å². The van der Waals surface area contributed by atoms with E-state index in [9.17, 15) is 4.79 Å². The highest BCUT2D eigenvalue weighted by atomic mass is 35.5. The van der Waals surface area contributed by atoms with Crippen LogP contribution in [0.4, 0.5) is 17.5 Å². The normalized spacial score (nSPS) is 20.6. The van der Waals surface area contributed by atoms with Crippen LogP contribution in [0.5, 0.6) is 0 Å². The third-order valence-electron chi connectivity index (χ3n) is 4.31. The second-order valence-corrected chi connectivity index (χ2v) is 5.83. The monoisotopic (exact) mass is 362 g/mol. The van der Waals surface area contributed by atoms with Crippen LogP contribution in [0, 0.1) is 5.92 Å². The number of rotatable bonds is 2. The molecule has 1 amide bonds. The number of aromatic nitrogens is 2. The summed E-state index contributed by atoms with van der Waals surface area (Å²) < 4.78 is 0. The number of carbonyl (C=O) groups is 1. The van der Waals surface area contributed by atoms with Crippen LogP contribution in [0.15, 0.2) is 6.20 Å². The summed E-state index contributed by atoms with van der Waals surface area (Å²) in [5, 5.41) is 0. The van der Waals surface area contributed by atoms with Crippen LogP contribution in [0.1, 0.15) is 25.7 Å². The molecule has 0 radical (unpaired) electrons.